The molecule has 1 heterocycles. The van der Waals surface area contributed by atoms with Crippen molar-refractivity contribution in [3.05, 3.63) is 0 Å². The third-order valence-corrected chi connectivity index (χ3v) is 4.41. The van der Waals surface area contributed by atoms with Gasteiger partial charge in [0, 0.05) is 5.54 Å². The molecule has 0 aromatic carbocycles. The van der Waals surface area contributed by atoms with Crippen molar-refractivity contribution in [2.75, 3.05) is 18.6 Å². The molecule has 4 heteroatoms. The Hall–Kier alpha value is -0.0900. The second kappa shape index (κ2) is 3.00. The summed E-state index contributed by atoms with van der Waals surface area (Å²) in [5.74, 6) is 1.15. The van der Waals surface area contributed by atoms with Crippen LogP contribution in [0.1, 0.15) is 20.3 Å². The van der Waals surface area contributed by atoms with E-state index in [1.165, 1.54) is 0 Å². The molecule has 0 radical (unpaired) electrons. The van der Waals surface area contributed by atoms with Gasteiger partial charge in [0.1, 0.15) is 0 Å². The first kappa shape index (κ1) is 9.99. The predicted octanol–water partition coefficient (Wildman–Crippen LogP) is 0.419. The van der Waals surface area contributed by atoms with E-state index in [4.69, 9.17) is 0 Å². The summed E-state index contributed by atoms with van der Waals surface area (Å²) in [5.41, 5.74) is 0.0700. The highest BCUT2D eigenvalue weighted by atomic mass is 32.2. The minimum Gasteiger partial charge on any atom is -0.315 e. The van der Waals surface area contributed by atoms with Crippen molar-refractivity contribution in [3.63, 3.8) is 0 Å². The van der Waals surface area contributed by atoms with Crippen molar-refractivity contribution in [2.45, 2.75) is 25.8 Å². The molecule has 12 heavy (non-hydrogen) atoms. The lowest BCUT2D eigenvalue weighted by Gasteiger charge is -2.33. The third-order valence-electron chi connectivity index (χ3n) is 2.46. The van der Waals surface area contributed by atoms with Gasteiger partial charge in [-0.05, 0) is 33.2 Å². The summed E-state index contributed by atoms with van der Waals surface area (Å²) in [6, 6.07) is 0. The van der Waals surface area contributed by atoms with Crippen LogP contribution in [0.5, 0.6) is 0 Å². The molecular weight excluding hydrogens is 174 g/mol. The number of hydrogen-bond acceptors (Lipinski definition) is 3. The number of hydrogen-bond donors (Lipinski definition) is 1. The van der Waals surface area contributed by atoms with Gasteiger partial charge in [-0.15, -0.1) is 0 Å². The lowest BCUT2D eigenvalue weighted by molar-refractivity contribution is 0.330. The first-order chi connectivity index (χ1) is 5.35. The summed E-state index contributed by atoms with van der Waals surface area (Å²) in [7, 11) is -0.729. The van der Waals surface area contributed by atoms with Gasteiger partial charge in [-0.25, -0.2) is 8.42 Å². The highest BCUT2D eigenvalue weighted by Crippen LogP contribution is 2.26. The summed E-state index contributed by atoms with van der Waals surface area (Å²) in [4.78, 5) is 0. The van der Waals surface area contributed by atoms with Crippen LogP contribution in [-0.2, 0) is 9.84 Å². The van der Waals surface area contributed by atoms with Crippen LogP contribution >= 0.6 is 0 Å². The van der Waals surface area contributed by atoms with Gasteiger partial charge in [0.15, 0.2) is 9.84 Å². The summed E-state index contributed by atoms with van der Waals surface area (Å²) >= 11 is 0. The zero-order chi connectivity index (χ0) is 9.41. The quantitative estimate of drug-likeness (QED) is 0.703. The molecule has 0 aliphatic carbocycles. The van der Waals surface area contributed by atoms with Gasteiger partial charge < -0.3 is 5.32 Å². The van der Waals surface area contributed by atoms with Crippen LogP contribution in [0.4, 0.5) is 0 Å². The zero-order valence-electron chi connectivity index (χ0n) is 7.92. The molecule has 0 amide bonds. The topological polar surface area (TPSA) is 46.2 Å². The van der Waals surface area contributed by atoms with Crippen molar-refractivity contribution in [1.29, 1.82) is 0 Å². The van der Waals surface area contributed by atoms with Gasteiger partial charge in [0.2, 0.25) is 0 Å². The third kappa shape index (κ3) is 2.45. The van der Waals surface area contributed by atoms with Crippen molar-refractivity contribution in [3.8, 4) is 0 Å². The molecule has 1 aliphatic heterocycles. The Balaban J connectivity index is 2.37. The Kier molecular flexibility index (Phi) is 2.50. The maximum atomic E-state index is 10.9. The molecule has 0 aromatic rings. The van der Waals surface area contributed by atoms with Gasteiger partial charge in [0.25, 0.3) is 0 Å². The van der Waals surface area contributed by atoms with E-state index < -0.39 is 9.84 Å². The van der Waals surface area contributed by atoms with Crippen LogP contribution in [0.15, 0.2) is 0 Å². The summed E-state index contributed by atoms with van der Waals surface area (Å²) in [6.45, 7) is 4.19. The summed E-state index contributed by atoms with van der Waals surface area (Å²) < 4.78 is 21.7. The first-order valence-electron chi connectivity index (χ1n) is 4.24. The molecule has 1 saturated heterocycles. The Morgan fingerprint density at radius 2 is 1.92 bits per heavy atom. The van der Waals surface area contributed by atoms with E-state index in [-0.39, 0.29) is 5.54 Å². The van der Waals surface area contributed by atoms with Gasteiger partial charge in [0.05, 0.1) is 11.5 Å². The maximum absolute atomic E-state index is 10.9. The smallest absolute Gasteiger partial charge is 0.150 e. The zero-order valence-corrected chi connectivity index (χ0v) is 8.74. The van der Waals surface area contributed by atoms with Gasteiger partial charge >= 0.3 is 0 Å². The first-order valence-corrected chi connectivity index (χ1v) is 6.06. The lowest BCUT2D eigenvalue weighted by Crippen LogP contribution is -2.45. The maximum Gasteiger partial charge on any atom is 0.150 e. The minimum atomic E-state index is -2.64. The van der Waals surface area contributed by atoms with Crippen LogP contribution in [0.3, 0.4) is 0 Å². The van der Waals surface area contributed by atoms with Crippen LogP contribution < -0.4 is 5.32 Å². The Morgan fingerprint density at radius 1 is 1.42 bits per heavy atom. The lowest BCUT2D eigenvalue weighted by atomic mass is 9.92. The van der Waals surface area contributed by atoms with Crippen molar-refractivity contribution >= 4 is 9.84 Å². The van der Waals surface area contributed by atoms with Crippen LogP contribution in [0, 0.1) is 5.92 Å². The number of sulfone groups is 1. The second-order valence-corrected chi connectivity index (χ2v) is 6.43. The van der Waals surface area contributed by atoms with Gasteiger partial charge in [-0.2, -0.15) is 0 Å². The standard InChI is InChI=1S/C8H17NO2S/c1-8(2,9-3)4-7-5-12(10,11)6-7/h7,9H,4-6H2,1-3H3. The summed E-state index contributed by atoms with van der Waals surface area (Å²) in [5, 5.41) is 3.17. The van der Waals surface area contributed by atoms with E-state index in [1.54, 1.807) is 0 Å². The Labute approximate surface area is 74.5 Å². The van der Waals surface area contributed by atoms with Crippen LogP contribution in [0.25, 0.3) is 0 Å². The van der Waals surface area contributed by atoms with Crippen LogP contribution in [-0.4, -0.2) is 32.5 Å². The van der Waals surface area contributed by atoms with Crippen LogP contribution in [0.2, 0.25) is 0 Å². The number of rotatable bonds is 3. The molecule has 1 aliphatic rings. The molecule has 0 atom stereocenters. The Bertz CT molecular complexity index is 244. The van der Waals surface area contributed by atoms with E-state index in [0.29, 0.717) is 17.4 Å². The molecule has 3 nitrogen and oxygen atoms in total. The fourth-order valence-corrected chi connectivity index (χ4v) is 3.19. The molecule has 0 unspecified atom stereocenters. The molecule has 1 rings (SSSR count). The highest BCUT2D eigenvalue weighted by molar-refractivity contribution is 7.92. The summed E-state index contributed by atoms with van der Waals surface area (Å²) in [6.07, 6.45) is 0.947. The van der Waals surface area contributed by atoms with Crippen molar-refractivity contribution in [2.24, 2.45) is 5.92 Å². The van der Waals surface area contributed by atoms with E-state index >= 15 is 0 Å². The molecule has 0 saturated carbocycles. The largest absolute Gasteiger partial charge is 0.315 e. The Morgan fingerprint density at radius 3 is 2.25 bits per heavy atom. The van der Waals surface area contributed by atoms with Crippen molar-refractivity contribution in [1.82, 2.24) is 5.32 Å². The molecular formula is C8H17NO2S. The molecule has 1 fully saturated rings. The SMILES string of the molecule is CNC(C)(C)CC1CS(=O)(=O)C1. The monoisotopic (exact) mass is 191 g/mol. The average Bonchev–Trinajstić information content (AvgIpc) is 1.83. The van der Waals surface area contributed by atoms with Crippen molar-refractivity contribution < 1.29 is 8.42 Å². The minimum absolute atomic E-state index is 0.0700. The number of nitrogens with one attached hydrogen (secondary N) is 1. The van der Waals surface area contributed by atoms with Gasteiger partial charge in [-0.1, -0.05) is 0 Å². The van der Waals surface area contributed by atoms with E-state index in [1.807, 2.05) is 7.05 Å². The molecule has 0 aromatic heterocycles. The second-order valence-electron chi connectivity index (χ2n) is 4.28. The van der Waals surface area contributed by atoms with Gasteiger partial charge in [-0.3, -0.25) is 0 Å². The molecule has 72 valence electrons. The molecule has 0 bridgehead atoms. The van der Waals surface area contributed by atoms with E-state index in [2.05, 4.69) is 19.2 Å². The van der Waals surface area contributed by atoms with E-state index in [9.17, 15) is 8.42 Å². The molecule has 1 N–H and O–H groups in total. The van der Waals surface area contributed by atoms with E-state index in [0.717, 1.165) is 6.42 Å². The predicted molar refractivity (Wildman–Crippen MR) is 49.9 cm³/mol. The highest BCUT2D eigenvalue weighted by Gasteiger charge is 2.36. The molecule has 0 spiro atoms. The fraction of sp³-hybridized carbons (Fsp3) is 1.00. The fourth-order valence-electron chi connectivity index (χ4n) is 1.61. The normalized spacial score (nSPS) is 23.6. The average molecular weight is 191 g/mol.